The van der Waals surface area contributed by atoms with Crippen molar-refractivity contribution in [2.45, 2.75) is 22.2 Å². The second-order valence-corrected chi connectivity index (χ2v) is 14.3. The highest BCUT2D eigenvalue weighted by molar-refractivity contribution is 8.00. The number of nitrogens with zero attached hydrogens (tertiary/aromatic N) is 4. The summed E-state index contributed by atoms with van der Waals surface area (Å²) in [5.41, 5.74) is 0.324. The average Bonchev–Trinajstić information content (AvgIpc) is 3.71. The fourth-order valence-corrected chi connectivity index (χ4v) is 8.84. The molecule has 0 saturated carbocycles. The fourth-order valence-electron chi connectivity index (χ4n) is 6.19. The Balaban J connectivity index is 1.31. The van der Waals surface area contributed by atoms with Gasteiger partial charge >= 0.3 is 0 Å². The second-order valence-electron chi connectivity index (χ2n) is 10.9. The van der Waals surface area contributed by atoms with E-state index in [1.165, 1.54) is 16.7 Å². The van der Waals surface area contributed by atoms with Crippen LogP contribution >= 0.6 is 57.9 Å². The Morgan fingerprint density at radius 2 is 1.60 bits per heavy atom. The van der Waals surface area contributed by atoms with Gasteiger partial charge in [0, 0.05) is 26.4 Å². The van der Waals surface area contributed by atoms with E-state index in [1.807, 2.05) is 24.3 Å². The van der Waals surface area contributed by atoms with Crippen LogP contribution in [0.4, 0.5) is 10.8 Å². The Kier molecular flexibility index (Phi) is 7.38. The first-order valence-corrected chi connectivity index (χ1v) is 17.2. The molecular formula is C34H19Cl3N4O4S2. The number of amides is 2. The predicted molar refractivity (Wildman–Crippen MR) is 185 cm³/mol. The van der Waals surface area contributed by atoms with E-state index in [0.29, 0.717) is 42.0 Å². The molecule has 2 amide bonds. The summed E-state index contributed by atoms with van der Waals surface area (Å²) in [5, 5.41) is 10.7. The summed E-state index contributed by atoms with van der Waals surface area (Å²) in [4.78, 5) is 46.8. The van der Waals surface area contributed by atoms with Crippen molar-refractivity contribution in [2.75, 3.05) is 9.80 Å². The van der Waals surface area contributed by atoms with Crippen LogP contribution in [-0.4, -0.2) is 22.0 Å². The number of aromatic nitrogens is 2. The lowest BCUT2D eigenvalue weighted by Crippen LogP contribution is -2.53. The molecule has 232 valence electrons. The van der Waals surface area contributed by atoms with Crippen LogP contribution in [0.1, 0.15) is 32.8 Å². The van der Waals surface area contributed by atoms with Gasteiger partial charge in [-0.3, -0.25) is 19.3 Å². The summed E-state index contributed by atoms with van der Waals surface area (Å²) >= 11 is 21.5. The van der Waals surface area contributed by atoms with E-state index >= 15 is 4.79 Å². The van der Waals surface area contributed by atoms with Crippen LogP contribution in [0.25, 0.3) is 11.0 Å². The van der Waals surface area contributed by atoms with Crippen LogP contribution < -0.4 is 15.2 Å². The van der Waals surface area contributed by atoms with Gasteiger partial charge in [-0.1, -0.05) is 112 Å². The number of fused-ring (bicyclic) bond motifs is 5. The smallest absolute Gasteiger partial charge is 0.297 e. The molecule has 2 aromatic heterocycles. The van der Waals surface area contributed by atoms with Crippen LogP contribution in [0.2, 0.25) is 15.1 Å². The molecule has 4 heterocycles. The molecule has 4 aromatic carbocycles. The Morgan fingerprint density at radius 1 is 0.830 bits per heavy atom. The van der Waals surface area contributed by atoms with Crippen LogP contribution in [0.5, 0.6) is 0 Å². The third-order valence-corrected chi connectivity index (χ3v) is 11.3. The third-order valence-electron chi connectivity index (χ3n) is 8.27. The monoisotopic (exact) mass is 716 g/mol. The summed E-state index contributed by atoms with van der Waals surface area (Å²) in [6.45, 7) is 0.104. The first-order chi connectivity index (χ1) is 22.8. The van der Waals surface area contributed by atoms with Crippen molar-refractivity contribution < 1.29 is 14.0 Å². The first-order valence-electron chi connectivity index (χ1n) is 14.2. The van der Waals surface area contributed by atoms with Gasteiger partial charge in [-0.2, -0.15) is 0 Å². The number of rotatable bonds is 6. The predicted octanol–water partition coefficient (Wildman–Crippen LogP) is 8.35. The maximum atomic E-state index is 15.1. The third kappa shape index (κ3) is 4.62. The standard InChI is InChI=1S/C34H19Cl3N4O4S2/c35-20-14-13-19(24(37)15-20)17-46-33-39-38-32(47-33)41-30(43)29-27(28(42)21-8-2-6-12-26(21)45-29)34(41)22-9-3-5-11-25(22)40(31(34)44)16-18-7-1-4-10-23(18)36/h1-15H,16-17H2. The van der Waals surface area contributed by atoms with Crippen LogP contribution in [0.15, 0.2) is 105 Å². The van der Waals surface area contributed by atoms with E-state index in [-0.39, 0.29) is 34.0 Å². The van der Waals surface area contributed by atoms with E-state index in [9.17, 15) is 9.59 Å². The normalized spacial score (nSPS) is 16.8. The molecule has 0 saturated heterocycles. The molecule has 2 aliphatic heterocycles. The molecule has 8 nitrogen and oxygen atoms in total. The minimum Gasteiger partial charge on any atom is -0.450 e. The number of benzene rings is 4. The molecule has 0 fully saturated rings. The number of para-hydroxylation sites is 2. The molecule has 0 bridgehead atoms. The van der Waals surface area contributed by atoms with Gasteiger partial charge in [-0.05, 0) is 47.5 Å². The largest absolute Gasteiger partial charge is 0.450 e. The number of halogens is 3. The minimum atomic E-state index is -1.91. The molecule has 6 aromatic rings. The zero-order valence-corrected chi connectivity index (χ0v) is 27.8. The van der Waals surface area contributed by atoms with Gasteiger partial charge in [0.25, 0.3) is 11.8 Å². The van der Waals surface area contributed by atoms with Crippen molar-refractivity contribution in [3.8, 4) is 0 Å². The Bertz CT molecular complexity index is 2340. The van der Waals surface area contributed by atoms with Gasteiger partial charge in [0.2, 0.25) is 10.9 Å². The highest BCUT2D eigenvalue weighted by Crippen LogP contribution is 2.55. The van der Waals surface area contributed by atoms with Gasteiger partial charge in [-0.25, -0.2) is 0 Å². The zero-order chi connectivity index (χ0) is 32.4. The van der Waals surface area contributed by atoms with Crippen molar-refractivity contribution in [3.05, 3.63) is 144 Å². The van der Waals surface area contributed by atoms with E-state index in [4.69, 9.17) is 39.2 Å². The first kappa shape index (κ1) is 30.2. The van der Waals surface area contributed by atoms with Gasteiger partial charge in [0.15, 0.2) is 15.3 Å². The molecule has 0 N–H and O–H groups in total. The van der Waals surface area contributed by atoms with E-state index in [2.05, 4.69) is 10.2 Å². The zero-order valence-electron chi connectivity index (χ0n) is 23.9. The summed E-state index contributed by atoms with van der Waals surface area (Å²) in [6, 6.07) is 26.3. The van der Waals surface area contributed by atoms with Crippen LogP contribution in [0.3, 0.4) is 0 Å². The summed E-state index contributed by atoms with van der Waals surface area (Å²) in [7, 11) is 0. The van der Waals surface area contributed by atoms with Crippen LogP contribution in [0, 0.1) is 0 Å². The number of carbonyl (C=O) groups excluding carboxylic acids is 2. The molecule has 1 spiro atoms. The van der Waals surface area contributed by atoms with Gasteiger partial charge in [0.1, 0.15) is 5.58 Å². The molecule has 0 radical (unpaired) electrons. The molecule has 1 atom stereocenters. The Labute approximate surface area is 290 Å². The lowest BCUT2D eigenvalue weighted by molar-refractivity contribution is -0.121. The lowest BCUT2D eigenvalue weighted by Gasteiger charge is -2.32. The molecule has 0 aliphatic carbocycles. The van der Waals surface area contributed by atoms with Crippen molar-refractivity contribution in [1.29, 1.82) is 0 Å². The summed E-state index contributed by atoms with van der Waals surface area (Å²) in [5.74, 6) is -0.929. The number of anilines is 2. The number of hydrogen-bond acceptors (Lipinski definition) is 8. The quantitative estimate of drug-likeness (QED) is 0.126. The molecule has 2 aliphatic rings. The van der Waals surface area contributed by atoms with Gasteiger partial charge in [0.05, 0.1) is 23.2 Å². The average molecular weight is 718 g/mol. The highest BCUT2D eigenvalue weighted by Gasteiger charge is 2.66. The van der Waals surface area contributed by atoms with Gasteiger partial charge in [-0.15, -0.1) is 10.2 Å². The highest BCUT2D eigenvalue weighted by atomic mass is 35.5. The van der Waals surface area contributed by atoms with E-state index in [1.54, 1.807) is 71.6 Å². The second kappa shape index (κ2) is 11.5. The minimum absolute atomic E-state index is 0.0577. The van der Waals surface area contributed by atoms with Gasteiger partial charge < -0.3 is 9.32 Å². The van der Waals surface area contributed by atoms with E-state index in [0.717, 1.165) is 16.9 Å². The molecule has 8 rings (SSSR count). The van der Waals surface area contributed by atoms with Crippen molar-refractivity contribution in [1.82, 2.24) is 10.2 Å². The maximum Gasteiger partial charge on any atom is 0.297 e. The van der Waals surface area contributed by atoms with Crippen molar-refractivity contribution in [3.63, 3.8) is 0 Å². The SMILES string of the molecule is O=C1c2oc3ccccc3c(=O)c2C2(C(=O)N(Cc3ccccc3Cl)c3ccccc32)N1c1nnc(SCc2ccc(Cl)cc2Cl)s1. The topological polar surface area (TPSA) is 96.6 Å². The summed E-state index contributed by atoms with van der Waals surface area (Å²) < 4.78 is 6.68. The molecule has 1 unspecified atom stereocenters. The molecular weight excluding hydrogens is 699 g/mol. The van der Waals surface area contributed by atoms with Crippen molar-refractivity contribution >= 4 is 91.5 Å². The van der Waals surface area contributed by atoms with Crippen LogP contribution in [-0.2, 0) is 22.6 Å². The summed E-state index contributed by atoms with van der Waals surface area (Å²) in [6.07, 6.45) is 0. The maximum absolute atomic E-state index is 15.1. The fraction of sp³-hybridized carbons (Fsp3) is 0.0882. The number of thioether (sulfide) groups is 1. The lowest BCUT2D eigenvalue weighted by atomic mass is 9.84. The Hall–Kier alpha value is -4.19. The van der Waals surface area contributed by atoms with Crippen molar-refractivity contribution in [2.24, 2.45) is 0 Å². The number of hydrogen-bond donors (Lipinski definition) is 0. The molecule has 47 heavy (non-hydrogen) atoms. The molecule has 13 heteroatoms. The van der Waals surface area contributed by atoms with E-state index < -0.39 is 22.8 Å². The number of carbonyl (C=O) groups is 2. The Morgan fingerprint density at radius 3 is 2.43 bits per heavy atom.